The first-order chi connectivity index (χ1) is 11.0. The minimum Gasteiger partial charge on any atom is -0.493 e. The zero-order valence-corrected chi connectivity index (χ0v) is 15.2. The zero-order chi connectivity index (χ0) is 16.8. The molecule has 0 spiro atoms. The fourth-order valence-corrected chi connectivity index (χ4v) is 2.94. The Morgan fingerprint density at radius 1 is 1.26 bits per heavy atom. The number of allylic oxidation sites excluding steroid dienone is 1. The minimum atomic E-state index is 0.276. The maximum Gasteiger partial charge on any atom is 0.175 e. The molecule has 0 heterocycles. The molecule has 6 heteroatoms. The third-order valence-electron chi connectivity index (χ3n) is 2.99. The molecule has 0 N–H and O–H groups in total. The third kappa shape index (κ3) is 4.65. The van der Waals surface area contributed by atoms with Gasteiger partial charge < -0.3 is 9.47 Å². The van der Waals surface area contributed by atoms with Crippen LogP contribution in [0.2, 0.25) is 10.0 Å². The topological polar surface area (TPSA) is 42.2 Å². The molecular formula is C17H12BrCl2NO2. The number of nitriles is 1. The maximum atomic E-state index is 8.61. The summed E-state index contributed by atoms with van der Waals surface area (Å²) in [5.74, 6) is 1.12. The summed E-state index contributed by atoms with van der Waals surface area (Å²) >= 11 is 15.5. The molecular weight excluding hydrogens is 401 g/mol. The van der Waals surface area contributed by atoms with Crippen LogP contribution in [0.1, 0.15) is 11.1 Å². The zero-order valence-electron chi connectivity index (χ0n) is 12.1. The molecule has 2 rings (SSSR count). The van der Waals surface area contributed by atoms with Crippen molar-refractivity contribution < 1.29 is 9.47 Å². The molecule has 3 nitrogen and oxygen atoms in total. The number of rotatable bonds is 5. The van der Waals surface area contributed by atoms with Gasteiger partial charge in [0.05, 0.1) is 17.7 Å². The van der Waals surface area contributed by atoms with Crippen LogP contribution in [-0.2, 0) is 6.61 Å². The van der Waals surface area contributed by atoms with Crippen LogP contribution in [0.3, 0.4) is 0 Å². The molecule has 0 amide bonds. The van der Waals surface area contributed by atoms with E-state index in [1.54, 1.807) is 31.4 Å². The Hall–Kier alpha value is -1.67. The van der Waals surface area contributed by atoms with E-state index in [4.69, 9.17) is 37.9 Å². The molecule has 0 saturated carbocycles. The van der Waals surface area contributed by atoms with Crippen molar-refractivity contribution in [1.82, 2.24) is 0 Å². The monoisotopic (exact) mass is 411 g/mol. The average molecular weight is 413 g/mol. The van der Waals surface area contributed by atoms with Gasteiger partial charge >= 0.3 is 0 Å². The van der Waals surface area contributed by atoms with Crippen LogP contribution in [0, 0.1) is 11.3 Å². The molecule has 0 aliphatic carbocycles. The molecule has 0 aliphatic rings. The molecule has 2 aromatic rings. The Balaban J connectivity index is 2.25. The van der Waals surface area contributed by atoms with Crippen LogP contribution < -0.4 is 9.47 Å². The van der Waals surface area contributed by atoms with E-state index in [0.29, 0.717) is 21.5 Å². The molecule has 0 bridgehead atoms. The Kier molecular flexibility index (Phi) is 6.35. The molecule has 0 fully saturated rings. The van der Waals surface area contributed by atoms with Crippen LogP contribution in [0.4, 0.5) is 0 Å². The van der Waals surface area contributed by atoms with E-state index in [-0.39, 0.29) is 6.61 Å². The highest BCUT2D eigenvalue weighted by Crippen LogP contribution is 2.38. The van der Waals surface area contributed by atoms with Gasteiger partial charge in [-0.3, -0.25) is 0 Å². The lowest BCUT2D eigenvalue weighted by molar-refractivity contribution is 0.282. The molecule has 0 saturated heterocycles. The van der Waals surface area contributed by atoms with Crippen molar-refractivity contribution >= 4 is 45.2 Å². The standard InChI is InChI=1S/C17H12BrCl2NO2/c1-22-16-8-11(3-2-6-21)7-14(18)17(16)23-10-12-4-5-13(19)9-15(12)20/h2-5,7-9H,10H2,1H3/b3-2+. The molecule has 0 aromatic heterocycles. The molecule has 0 unspecified atom stereocenters. The largest absolute Gasteiger partial charge is 0.493 e. The fourth-order valence-electron chi connectivity index (χ4n) is 1.90. The third-order valence-corrected chi connectivity index (χ3v) is 4.17. The summed E-state index contributed by atoms with van der Waals surface area (Å²) in [5, 5.41) is 9.73. The summed E-state index contributed by atoms with van der Waals surface area (Å²) in [6, 6.07) is 10.8. The van der Waals surface area contributed by atoms with E-state index in [1.807, 2.05) is 18.2 Å². The lowest BCUT2D eigenvalue weighted by Gasteiger charge is -2.14. The minimum absolute atomic E-state index is 0.276. The molecule has 118 valence electrons. The number of hydrogen-bond acceptors (Lipinski definition) is 3. The summed E-state index contributed by atoms with van der Waals surface area (Å²) in [5.41, 5.74) is 1.64. The normalized spacial score (nSPS) is 10.6. The van der Waals surface area contributed by atoms with Crippen LogP contribution >= 0.6 is 39.1 Å². The molecule has 0 atom stereocenters. The van der Waals surface area contributed by atoms with Gasteiger partial charge in [-0.1, -0.05) is 29.3 Å². The summed E-state index contributed by atoms with van der Waals surface area (Å²) in [4.78, 5) is 0. The van der Waals surface area contributed by atoms with E-state index in [0.717, 1.165) is 15.6 Å². The predicted molar refractivity (Wildman–Crippen MR) is 96.1 cm³/mol. The van der Waals surface area contributed by atoms with Crippen LogP contribution in [0.25, 0.3) is 6.08 Å². The average Bonchev–Trinajstić information content (AvgIpc) is 2.52. The van der Waals surface area contributed by atoms with Crippen molar-refractivity contribution in [2.24, 2.45) is 0 Å². The number of nitrogens with zero attached hydrogens (tertiary/aromatic N) is 1. The molecule has 2 aromatic carbocycles. The Labute approximate surface area is 153 Å². The van der Waals surface area contributed by atoms with Crippen molar-refractivity contribution in [3.63, 3.8) is 0 Å². The quantitative estimate of drug-likeness (QED) is 0.575. The van der Waals surface area contributed by atoms with Gasteiger partial charge in [0.2, 0.25) is 0 Å². The second-order valence-corrected chi connectivity index (χ2v) is 6.22. The highest BCUT2D eigenvalue weighted by Gasteiger charge is 2.12. The lowest BCUT2D eigenvalue weighted by Crippen LogP contribution is -1.99. The molecule has 0 aliphatic heterocycles. The van der Waals surface area contributed by atoms with Crippen LogP contribution in [0.5, 0.6) is 11.5 Å². The predicted octanol–water partition coefficient (Wildman–Crippen LogP) is 5.88. The first-order valence-corrected chi connectivity index (χ1v) is 8.10. The summed E-state index contributed by atoms with van der Waals surface area (Å²) in [6.45, 7) is 0.276. The van der Waals surface area contributed by atoms with Crippen molar-refractivity contribution in [2.75, 3.05) is 7.11 Å². The fraction of sp³-hybridized carbons (Fsp3) is 0.118. The second-order valence-electron chi connectivity index (χ2n) is 4.52. The Morgan fingerprint density at radius 3 is 2.70 bits per heavy atom. The van der Waals surface area contributed by atoms with E-state index < -0.39 is 0 Å². The van der Waals surface area contributed by atoms with E-state index >= 15 is 0 Å². The van der Waals surface area contributed by atoms with Gasteiger partial charge in [-0.05, 0) is 51.8 Å². The highest BCUT2D eigenvalue weighted by atomic mass is 79.9. The summed E-state index contributed by atoms with van der Waals surface area (Å²) < 4.78 is 11.9. The Bertz CT molecular complexity index is 785. The van der Waals surface area contributed by atoms with Gasteiger partial charge in [0.15, 0.2) is 11.5 Å². The maximum absolute atomic E-state index is 8.61. The van der Waals surface area contributed by atoms with Gasteiger partial charge in [-0.15, -0.1) is 0 Å². The van der Waals surface area contributed by atoms with Gasteiger partial charge in [0.25, 0.3) is 0 Å². The summed E-state index contributed by atoms with van der Waals surface area (Å²) in [7, 11) is 1.56. The molecule has 0 radical (unpaired) electrons. The van der Waals surface area contributed by atoms with Crippen molar-refractivity contribution in [2.45, 2.75) is 6.61 Å². The number of methoxy groups -OCH3 is 1. The number of ether oxygens (including phenoxy) is 2. The van der Waals surface area contributed by atoms with E-state index in [9.17, 15) is 0 Å². The number of hydrogen-bond donors (Lipinski definition) is 0. The van der Waals surface area contributed by atoms with Gasteiger partial charge in [0, 0.05) is 21.7 Å². The number of halogens is 3. The second kappa shape index (κ2) is 8.26. The summed E-state index contributed by atoms with van der Waals surface area (Å²) in [6.07, 6.45) is 3.09. The van der Waals surface area contributed by atoms with Crippen LogP contribution in [0.15, 0.2) is 40.9 Å². The highest BCUT2D eigenvalue weighted by molar-refractivity contribution is 9.10. The lowest BCUT2D eigenvalue weighted by atomic mass is 10.2. The Morgan fingerprint density at radius 2 is 2.04 bits per heavy atom. The first-order valence-electron chi connectivity index (χ1n) is 6.55. The van der Waals surface area contributed by atoms with Gasteiger partial charge in [0.1, 0.15) is 6.61 Å². The van der Waals surface area contributed by atoms with Gasteiger partial charge in [-0.25, -0.2) is 0 Å². The SMILES string of the molecule is COc1cc(/C=C/C#N)cc(Br)c1OCc1ccc(Cl)cc1Cl. The van der Waals surface area contributed by atoms with Crippen molar-refractivity contribution in [3.8, 4) is 17.6 Å². The molecule has 23 heavy (non-hydrogen) atoms. The van der Waals surface area contributed by atoms with E-state index in [2.05, 4.69) is 15.9 Å². The van der Waals surface area contributed by atoms with Crippen molar-refractivity contribution in [3.05, 3.63) is 62.1 Å². The smallest absolute Gasteiger partial charge is 0.175 e. The van der Waals surface area contributed by atoms with Gasteiger partial charge in [-0.2, -0.15) is 5.26 Å². The van der Waals surface area contributed by atoms with E-state index in [1.165, 1.54) is 6.08 Å². The van der Waals surface area contributed by atoms with Crippen molar-refractivity contribution in [1.29, 1.82) is 5.26 Å². The van der Waals surface area contributed by atoms with Crippen LogP contribution in [-0.4, -0.2) is 7.11 Å². The first kappa shape index (κ1) is 17.7. The number of benzene rings is 2.